The second-order valence-electron chi connectivity index (χ2n) is 4.11. The highest BCUT2D eigenvalue weighted by Crippen LogP contribution is 2.22. The number of halogens is 2. The Bertz CT molecular complexity index is 731. The van der Waals surface area contributed by atoms with Gasteiger partial charge in [0.05, 0.1) is 16.8 Å². The van der Waals surface area contributed by atoms with E-state index in [0.29, 0.717) is 0 Å². The topological polar surface area (TPSA) is 86.6 Å². The van der Waals surface area contributed by atoms with Crippen molar-refractivity contribution >= 4 is 17.6 Å². The summed E-state index contributed by atoms with van der Waals surface area (Å²) in [6.45, 7) is 0. The molecule has 0 spiro atoms. The number of carboxylic acids is 1. The van der Waals surface area contributed by atoms with E-state index in [1.54, 1.807) is 0 Å². The van der Waals surface area contributed by atoms with Gasteiger partial charge in [-0.15, -0.1) is 0 Å². The predicted octanol–water partition coefficient (Wildman–Crippen LogP) is 2.62. The fourth-order valence-electron chi connectivity index (χ4n) is 1.69. The lowest BCUT2D eigenvalue weighted by Gasteiger charge is -2.09. The molecule has 0 saturated carbocycles. The van der Waals surface area contributed by atoms with Crippen LogP contribution in [-0.4, -0.2) is 22.1 Å². The predicted molar refractivity (Wildman–Crippen MR) is 69.4 cm³/mol. The van der Waals surface area contributed by atoms with Gasteiger partial charge in [0, 0.05) is 6.07 Å². The van der Waals surface area contributed by atoms with Crippen LogP contribution >= 0.6 is 0 Å². The second kappa shape index (κ2) is 5.58. The van der Waals surface area contributed by atoms with Crippen molar-refractivity contribution in [2.24, 2.45) is 0 Å². The van der Waals surface area contributed by atoms with Gasteiger partial charge >= 0.3 is 5.97 Å². The number of hydrogen-bond donors (Lipinski definition) is 3. The third-order valence-corrected chi connectivity index (χ3v) is 2.66. The van der Waals surface area contributed by atoms with E-state index in [1.807, 2.05) is 0 Å². The summed E-state index contributed by atoms with van der Waals surface area (Å²) >= 11 is 0. The first-order valence-electron chi connectivity index (χ1n) is 5.71. The summed E-state index contributed by atoms with van der Waals surface area (Å²) in [5, 5.41) is 20.7. The van der Waals surface area contributed by atoms with E-state index < -0.39 is 34.8 Å². The lowest BCUT2D eigenvalue weighted by atomic mass is 10.1. The molecule has 0 aromatic heterocycles. The highest BCUT2D eigenvalue weighted by molar-refractivity contribution is 6.09. The number of phenols is 1. The van der Waals surface area contributed by atoms with Crippen LogP contribution in [0.2, 0.25) is 0 Å². The number of anilines is 1. The number of aromatic carboxylic acids is 1. The maximum atomic E-state index is 13.0. The van der Waals surface area contributed by atoms with Gasteiger partial charge in [-0.2, -0.15) is 0 Å². The molecular formula is C14H9F2NO4. The minimum Gasteiger partial charge on any atom is -0.507 e. The van der Waals surface area contributed by atoms with Crippen molar-refractivity contribution < 1.29 is 28.6 Å². The molecule has 0 unspecified atom stereocenters. The number of benzene rings is 2. The lowest BCUT2D eigenvalue weighted by Crippen LogP contribution is -2.15. The van der Waals surface area contributed by atoms with Crippen molar-refractivity contribution in [2.45, 2.75) is 0 Å². The molecule has 0 fully saturated rings. The van der Waals surface area contributed by atoms with E-state index in [0.717, 1.165) is 36.4 Å². The van der Waals surface area contributed by atoms with Crippen molar-refractivity contribution in [1.29, 1.82) is 0 Å². The van der Waals surface area contributed by atoms with Gasteiger partial charge in [0.15, 0.2) is 0 Å². The van der Waals surface area contributed by atoms with Crippen molar-refractivity contribution in [1.82, 2.24) is 0 Å². The third-order valence-electron chi connectivity index (χ3n) is 2.66. The number of amides is 1. The van der Waals surface area contributed by atoms with Crippen LogP contribution in [0.25, 0.3) is 0 Å². The number of rotatable bonds is 3. The van der Waals surface area contributed by atoms with E-state index in [4.69, 9.17) is 5.11 Å². The molecule has 0 aliphatic rings. The fraction of sp³-hybridized carbons (Fsp3) is 0. The molecule has 2 aromatic carbocycles. The summed E-state index contributed by atoms with van der Waals surface area (Å²) in [4.78, 5) is 22.9. The third kappa shape index (κ3) is 3.14. The summed E-state index contributed by atoms with van der Waals surface area (Å²) < 4.78 is 25.9. The zero-order valence-electron chi connectivity index (χ0n) is 10.4. The molecule has 0 bridgehead atoms. The zero-order valence-corrected chi connectivity index (χ0v) is 10.4. The molecular weight excluding hydrogens is 284 g/mol. The van der Waals surface area contributed by atoms with Crippen LogP contribution in [0.15, 0.2) is 36.4 Å². The number of phenolic OH excluding ortho intramolecular Hbond substituents is 1. The van der Waals surface area contributed by atoms with Gasteiger partial charge in [-0.3, -0.25) is 4.79 Å². The maximum Gasteiger partial charge on any atom is 0.337 e. The standard InChI is InChI=1S/C14H9F2NO4/c15-7-2-4-11(10(5-7)14(20)21)17-13(19)9-3-1-8(16)6-12(9)18/h1-6,18H,(H,17,19)(H,20,21). The molecule has 2 rings (SSSR count). The monoisotopic (exact) mass is 293 g/mol. The largest absolute Gasteiger partial charge is 0.507 e. The van der Waals surface area contributed by atoms with Gasteiger partial charge in [0.1, 0.15) is 17.4 Å². The Hall–Kier alpha value is -2.96. The number of aromatic hydroxyl groups is 1. The van der Waals surface area contributed by atoms with Gasteiger partial charge in [0.25, 0.3) is 5.91 Å². The Labute approximate surface area is 117 Å². The van der Waals surface area contributed by atoms with Gasteiger partial charge in [-0.25, -0.2) is 13.6 Å². The van der Waals surface area contributed by atoms with E-state index in [2.05, 4.69) is 5.32 Å². The van der Waals surface area contributed by atoms with Crippen molar-refractivity contribution in [3.05, 3.63) is 59.2 Å². The molecule has 7 heteroatoms. The Kier molecular flexibility index (Phi) is 3.84. The van der Waals surface area contributed by atoms with E-state index >= 15 is 0 Å². The van der Waals surface area contributed by atoms with Crippen LogP contribution in [0.4, 0.5) is 14.5 Å². The molecule has 21 heavy (non-hydrogen) atoms. The minimum absolute atomic E-state index is 0.141. The first-order chi connectivity index (χ1) is 9.88. The summed E-state index contributed by atoms with van der Waals surface area (Å²) in [5.74, 6) is -4.35. The highest BCUT2D eigenvalue weighted by atomic mass is 19.1. The number of hydrogen-bond acceptors (Lipinski definition) is 3. The highest BCUT2D eigenvalue weighted by Gasteiger charge is 2.17. The normalized spacial score (nSPS) is 10.2. The van der Waals surface area contributed by atoms with Crippen molar-refractivity contribution in [3.63, 3.8) is 0 Å². The maximum absolute atomic E-state index is 13.0. The first-order valence-corrected chi connectivity index (χ1v) is 5.71. The number of carboxylic acid groups (broad SMARTS) is 1. The molecule has 0 radical (unpaired) electrons. The van der Waals surface area contributed by atoms with Gasteiger partial charge < -0.3 is 15.5 Å². The zero-order chi connectivity index (χ0) is 15.6. The summed E-state index contributed by atoms with van der Waals surface area (Å²) in [6, 6.07) is 5.57. The fourth-order valence-corrected chi connectivity index (χ4v) is 1.69. The van der Waals surface area contributed by atoms with Crippen LogP contribution < -0.4 is 5.32 Å². The van der Waals surface area contributed by atoms with Gasteiger partial charge in [0.2, 0.25) is 0 Å². The Morgan fingerprint density at radius 1 is 0.952 bits per heavy atom. The molecule has 0 heterocycles. The molecule has 2 aromatic rings. The molecule has 5 nitrogen and oxygen atoms in total. The smallest absolute Gasteiger partial charge is 0.337 e. The molecule has 0 aliphatic heterocycles. The minimum atomic E-state index is -1.42. The van der Waals surface area contributed by atoms with Crippen LogP contribution in [0, 0.1) is 11.6 Å². The number of carbonyl (C=O) groups excluding carboxylic acids is 1. The Morgan fingerprint density at radius 2 is 1.57 bits per heavy atom. The van der Waals surface area contributed by atoms with E-state index in [9.17, 15) is 23.5 Å². The number of nitrogens with one attached hydrogen (secondary N) is 1. The van der Waals surface area contributed by atoms with Crippen LogP contribution in [0.1, 0.15) is 20.7 Å². The first kappa shape index (κ1) is 14.4. The van der Waals surface area contributed by atoms with E-state index in [-0.39, 0.29) is 11.3 Å². The van der Waals surface area contributed by atoms with Gasteiger partial charge in [-0.1, -0.05) is 0 Å². The quantitative estimate of drug-likeness (QED) is 0.812. The molecule has 0 saturated heterocycles. The average Bonchev–Trinajstić information content (AvgIpc) is 2.40. The number of carbonyl (C=O) groups is 2. The Balaban J connectivity index is 2.34. The van der Waals surface area contributed by atoms with Crippen molar-refractivity contribution in [3.8, 4) is 5.75 Å². The molecule has 0 atom stereocenters. The average molecular weight is 293 g/mol. The molecule has 1 amide bonds. The second-order valence-corrected chi connectivity index (χ2v) is 4.11. The van der Waals surface area contributed by atoms with Gasteiger partial charge in [-0.05, 0) is 30.3 Å². The van der Waals surface area contributed by atoms with Crippen LogP contribution in [-0.2, 0) is 0 Å². The van der Waals surface area contributed by atoms with Crippen molar-refractivity contribution in [2.75, 3.05) is 5.32 Å². The molecule has 108 valence electrons. The summed E-state index contributed by atoms with van der Waals surface area (Å²) in [6.07, 6.45) is 0. The lowest BCUT2D eigenvalue weighted by molar-refractivity contribution is 0.0697. The van der Waals surface area contributed by atoms with Crippen LogP contribution in [0.5, 0.6) is 5.75 Å². The SMILES string of the molecule is O=C(Nc1ccc(F)cc1C(=O)O)c1ccc(F)cc1O. The molecule has 0 aliphatic carbocycles. The summed E-state index contributed by atoms with van der Waals surface area (Å²) in [5.41, 5.74) is -0.820. The van der Waals surface area contributed by atoms with Crippen LogP contribution in [0.3, 0.4) is 0 Å². The van der Waals surface area contributed by atoms with E-state index in [1.165, 1.54) is 0 Å². The summed E-state index contributed by atoms with van der Waals surface area (Å²) in [7, 11) is 0. The molecule has 3 N–H and O–H groups in total. The Morgan fingerprint density at radius 3 is 2.19 bits per heavy atom.